The van der Waals surface area contributed by atoms with Gasteiger partial charge >= 0.3 is 0 Å². The van der Waals surface area contributed by atoms with Crippen LogP contribution in [0.4, 0.5) is 0 Å². The molecule has 0 saturated heterocycles. The van der Waals surface area contributed by atoms with E-state index in [1.54, 1.807) is 0 Å². The molecular formula is C10H9Cl9. The SMILES string of the molecule is ClCC1(CCl)[C@@H]2C(Cl)C(Cl)(Cl)[C@@]1(C(Cl)Cl)CC2(Cl)Cl. The van der Waals surface area contributed by atoms with E-state index in [9.17, 15) is 0 Å². The molecule has 0 aromatic heterocycles. The maximum absolute atomic E-state index is 6.47. The van der Waals surface area contributed by atoms with E-state index in [0.717, 1.165) is 0 Å². The summed E-state index contributed by atoms with van der Waals surface area (Å²) in [5, 5.41) is -0.753. The van der Waals surface area contributed by atoms with Gasteiger partial charge in [-0.25, -0.2) is 0 Å². The van der Waals surface area contributed by atoms with Gasteiger partial charge in [-0.15, -0.1) is 81.2 Å². The Hall–Kier alpha value is 2.61. The predicted octanol–water partition coefficient (Wildman–Crippen LogP) is 6.23. The van der Waals surface area contributed by atoms with E-state index in [2.05, 4.69) is 0 Å². The lowest BCUT2D eigenvalue weighted by atomic mass is 9.70. The monoisotopic (exact) mass is 444 g/mol. The van der Waals surface area contributed by atoms with Crippen molar-refractivity contribution in [1.82, 2.24) is 0 Å². The molecule has 0 spiro atoms. The minimum Gasteiger partial charge on any atom is -0.126 e. The molecule has 0 amide bonds. The van der Waals surface area contributed by atoms with Crippen molar-refractivity contribution in [3.05, 3.63) is 0 Å². The summed E-state index contributed by atoms with van der Waals surface area (Å²) in [6.07, 6.45) is 0.182. The van der Waals surface area contributed by atoms with Gasteiger partial charge in [0, 0.05) is 28.5 Å². The first-order chi connectivity index (χ1) is 8.55. The first-order valence-corrected chi connectivity index (χ1v) is 9.24. The van der Waals surface area contributed by atoms with Crippen molar-refractivity contribution in [1.29, 1.82) is 0 Å². The molecule has 0 nitrogen and oxygen atoms in total. The number of rotatable bonds is 3. The highest BCUT2D eigenvalue weighted by Crippen LogP contribution is 2.81. The average molecular weight is 448 g/mol. The largest absolute Gasteiger partial charge is 0.143 e. The standard InChI is InChI=1S/C10H9Cl9/c11-2-7(3-12)4-5(13)10(18,19)8(7,6(14)15)1-9(4,16)17/h4-6H,1-3H2/t4-,5?,8+/m0/s1. The predicted molar refractivity (Wildman–Crippen MR) is 88.4 cm³/mol. The molecule has 0 heterocycles. The average Bonchev–Trinajstić information content (AvgIpc) is 2.60. The van der Waals surface area contributed by atoms with E-state index >= 15 is 0 Å². The molecule has 2 fully saturated rings. The lowest BCUT2D eigenvalue weighted by molar-refractivity contribution is 0.145. The smallest absolute Gasteiger partial charge is 0.126 e. The molecule has 19 heavy (non-hydrogen) atoms. The van der Waals surface area contributed by atoms with Gasteiger partial charge in [-0.3, -0.25) is 0 Å². The molecule has 1 unspecified atom stereocenters. The van der Waals surface area contributed by atoms with Gasteiger partial charge in [0.2, 0.25) is 0 Å². The molecule has 2 bridgehead atoms. The lowest BCUT2D eigenvalue weighted by Crippen LogP contribution is -2.53. The molecular weight excluding hydrogens is 439 g/mol. The number of fused-ring (bicyclic) bond motifs is 2. The number of hydrogen-bond donors (Lipinski definition) is 0. The second-order valence-electron chi connectivity index (χ2n) is 5.14. The molecule has 3 atom stereocenters. The minimum atomic E-state index is -1.41. The van der Waals surface area contributed by atoms with Crippen LogP contribution in [0.5, 0.6) is 0 Å². The Morgan fingerprint density at radius 2 is 1.47 bits per heavy atom. The van der Waals surface area contributed by atoms with E-state index < -0.39 is 35.6 Å². The molecule has 112 valence electrons. The second kappa shape index (κ2) is 5.32. The van der Waals surface area contributed by atoms with Crippen molar-refractivity contribution >= 4 is 104 Å². The summed E-state index contributed by atoms with van der Waals surface area (Å²) in [6.45, 7) is 0. The topological polar surface area (TPSA) is 0 Å². The Labute approximate surface area is 157 Å². The van der Waals surface area contributed by atoms with E-state index in [0.29, 0.717) is 0 Å². The first-order valence-electron chi connectivity index (χ1n) is 5.35. The summed E-state index contributed by atoms with van der Waals surface area (Å²) in [7, 11) is 0. The van der Waals surface area contributed by atoms with Crippen LogP contribution in [0.1, 0.15) is 6.42 Å². The Morgan fingerprint density at radius 1 is 1.00 bits per heavy atom. The van der Waals surface area contributed by atoms with Crippen LogP contribution in [0.2, 0.25) is 0 Å². The van der Waals surface area contributed by atoms with Gasteiger partial charge in [-0.1, -0.05) is 23.2 Å². The van der Waals surface area contributed by atoms with Crippen LogP contribution in [0, 0.1) is 16.7 Å². The molecule has 2 aliphatic rings. The van der Waals surface area contributed by atoms with Crippen LogP contribution >= 0.6 is 104 Å². The highest BCUT2D eigenvalue weighted by Gasteiger charge is 2.85. The minimum absolute atomic E-state index is 0.114. The maximum Gasteiger partial charge on any atom is 0.143 e. The highest BCUT2D eigenvalue weighted by molar-refractivity contribution is 6.58. The molecule has 0 radical (unpaired) electrons. The zero-order valence-electron chi connectivity index (χ0n) is 9.26. The summed E-state index contributed by atoms with van der Waals surface area (Å²) in [4.78, 5) is -0.953. The third-order valence-electron chi connectivity index (χ3n) is 4.54. The Kier molecular flexibility index (Phi) is 5.02. The number of alkyl halides is 9. The zero-order chi connectivity index (χ0) is 14.9. The third-order valence-corrected chi connectivity index (χ3v) is 8.92. The lowest BCUT2D eigenvalue weighted by Gasteiger charge is -2.47. The van der Waals surface area contributed by atoms with Crippen molar-refractivity contribution in [3.8, 4) is 0 Å². The maximum atomic E-state index is 6.47. The van der Waals surface area contributed by atoms with Gasteiger partial charge < -0.3 is 0 Å². The van der Waals surface area contributed by atoms with Gasteiger partial charge in [0.25, 0.3) is 0 Å². The van der Waals surface area contributed by atoms with Crippen molar-refractivity contribution in [2.24, 2.45) is 16.7 Å². The van der Waals surface area contributed by atoms with Crippen molar-refractivity contribution in [2.75, 3.05) is 11.8 Å². The summed E-state index contributed by atoms with van der Waals surface area (Å²) in [5.74, 6) is -0.277. The molecule has 0 aromatic rings. The number of hydrogen-bond acceptors (Lipinski definition) is 0. The highest BCUT2D eigenvalue weighted by atomic mass is 35.5. The summed E-state index contributed by atoms with van der Waals surface area (Å²) < 4.78 is -2.59. The second-order valence-corrected chi connectivity index (χ2v) is 10.2. The molecule has 2 saturated carbocycles. The fourth-order valence-corrected chi connectivity index (χ4v) is 8.72. The van der Waals surface area contributed by atoms with Crippen LogP contribution in [-0.2, 0) is 0 Å². The van der Waals surface area contributed by atoms with Crippen molar-refractivity contribution in [3.63, 3.8) is 0 Å². The Morgan fingerprint density at radius 3 is 1.79 bits per heavy atom. The normalized spacial score (nSPS) is 42.0. The van der Waals surface area contributed by atoms with Crippen LogP contribution in [-0.4, -0.2) is 30.6 Å². The van der Waals surface area contributed by atoms with Crippen molar-refractivity contribution < 1.29 is 0 Å². The van der Waals surface area contributed by atoms with Gasteiger partial charge in [-0.2, -0.15) is 0 Å². The van der Waals surface area contributed by atoms with E-state index in [1.807, 2.05) is 0 Å². The summed E-state index contributed by atoms with van der Waals surface area (Å²) >= 11 is 56.8. The summed E-state index contributed by atoms with van der Waals surface area (Å²) in [6, 6.07) is 0. The van der Waals surface area contributed by atoms with Gasteiger partial charge in [0.1, 0.15) is 13.5 Å². The van der Waals surface area contributed by atoms with Crippen LogP contribution in [0.3, 0.4) is 0 Å². The summed E-state index contributed by atoms with van der Waals surface area (Å²) in [5.41, 5.74) is -1.90. The zero-order valence-corrected chi connectivity index (χ0v) is 16.1. The molecule has 0 aromatic carbocycles. The van der Waals surface area contributed by atoms with E-state index in [-0.39, 0.29) is 18.2 Å². The molecule has 0 N–H and O–H groups in total. The molecule has 2 rings (SSSR count). The number of halogens is 9. The quantitative estimate of drug-likeness (QED) is 0.449. The Balaban J connectivity index is 2.74. The fourth-order valence-electron chi connectivity index (χ4n) is 3.62. The van der Waals surface area contributed by atoms with Crippen LogP contribution in [0.15, 0.2) is 0 Å². The van der Waals surface area contributed by atoms with Gasteiger partial charge in [-0.05, 0) is 6.42 Å². The fraction of sp³-hybridized carbons (Fsp3) is 1.00. The van der Waals surface area contributed by atoms with E-state index in [4.69, 9.17) is 104 Å². The van der Waals surface area contributed by atoms with Crippen LogP contribution < -0.4 is 0 Å². The third kappa shape index (κ3) is 1.94. The van der Waals surface area contributed by atoms with Crippen molar-refractivity contribution in [2.45, 2.75) is 25.3 Å². The molecule has 9 heteroatoms. The van der Waals surface area contributed by atoms with Crippen LogP contribution in [0.25, 0.3) is 0 Å². The van der Waals surface area contributed by atoms with Gasteiger partial charge in [0.05, 0.1) is 5.38 Å². The van der Waals surface area contributed by atoms with E-state index in [1.165, 1.54) is 0 Å². The Bertz CT molecular complexity index is 375. The van der Waals surface area contributed by atoms with Gasteiger partial charge in [0.15, 0.2) is 0 Å². The molecule has 0 aliphatic heterocycles. The first kappa shape index (κ1) is 18.0. The molecule has 2 aliphatic carbocycles.